The average molecular weight is 347 g/mol. The second-order valence-corrected chi connectivity index (χ2v) is 5.82. The Hall–Kier alpha value is -2.90. The molecule has 0 bridgehead atoms. The van der Waals surface area contributed by atoms with Gasteiger partial charge in [-0.2, -0.15) is 0 Å². The molecule has 2 aromatic rings. The van der Waals surface area contributed by atoms with Crippen LogP contribution in [0.4, 0.5) is 0 Å². The van der Waals surface area contributed by atoms with Crippen LogP contribution in [0, 0.1) is 5.92 Å². The topological polar surface area (TPSA) is 121 Å². The minimum absolute atomic E-state index is 0.0102. The molecule has 1 atom stereocenters. The van der Waals surface area contributed by atoms with E-state index in [1.54, 1.807) is 24.3 Å². The number of fused-ring (bicyclic) bond motifs is 1. The lowest BCUT2D eigenvalue weighted by Gasteiger charge is -2.12. The van der Waals surface area contributed by atoms with E-state index in [1.165, 1.54) is 0 Å². The maximum Gasteiger partial charge on any atom is 0.308 e. The Morgan fingerprint density at radius 1 is 1.24 bits per heavy atom. The Bertz CT molecular complexity index is 884. The molecule has 1 unspecified atom stereocenters. The molecule has 0 radical (unpaired) electrons. The molecule has 0 aliphatic heterocycles. The number of rotatable bonds is 8. The summed E-state index contributed by atoms with van der Waals surface area (Å²) in [6.07, 6.45) is 1.15. The van der Waals surface area contributed by atoms with Crippen LogP contribution in [0.15, 0.2) is 33.9 Å². The minimum Gasteiger partial charge on any atom is -0.481 e. The first-order valence-electron chi connectivity index (χ1n) is 8.15. The maximum absolute atomic E-state index is 12.3. The van der Waals surface area contributed by atoms with Crippen molar-refractivity contribution in [2.24, 2.45) is 5.92 Å². The summed E-state index contributed by atoms with van der Waals surface area (Å²) in [5.74, 6) is -1.95. The molecule has 1 aromatic carbocycles. The predicted molar refractivity (Wildman–Crippen MR) is 92.5 cm³/mol. The van der Waals surface area contributed by atoms with Crippen LogP contribution in [0.1, 0.15) is 26.2 Å². The van der Waals surface area contributed by atoms with Gasteiger partial charge in [-0.05, 0) is 18.6 Å². The molecule has 3 N–H and O–H groups in total. The SMILES string of the molecule is CCCC(CNC(=O)CCn1[nH]c(=O)c2ccccc2c1=O)C(=O)O. The number of aromatic nitrogens is 2. The summed E-state index contributed by atoms with van der Waals surface area (Å²) in [4.78, 5) is 47.2. The fourth-order valence-corrected chi connectivity index (χ4v) is 2.60. The lowest BCUT2D eigenvalue weighted by atomic mass is 10.0. The molecule has 25 heavy (non-hydrogen) atoms. The van der Waals surface area contributed by atoms with Crippen LogP contribution in [-0.2, 0) is 16.1 Å². The largest absolute Gasteiger partial charge is 0.481 e. The van der Waals surface area contributed by atoms with E-state index in [0.717, 1.165) is 4.68 Å². The van der Waals surface area contributed by atoms with Gasteiger partial charge in [0.15, 0.2) is 0 Å². The summed E-state index contributed by atoms with van der Waals surface area (Å²) in [5.41, 5.74) is -0.776. The molecule has 1 aromatic heterocycles. The normalized spacial score (nSPS) is 12.0. The van der Waals surface area contributed by atoms with Crippen molar-refractivity contribution in [2.45, 2.75) is 32.7 Å². The van der Waals surface area contributed by atoms with Gasteiger partial charge in [0.2, 0.25) is 5.91 Å². The lowest BCUT2D eigenvalue weighted by molar-refractivity contribution is -0.141. The molecule has 0 fully saturated rings. The zero-order valence-electron chi connectivity index (χ0n) is 13.9. The van der Waals surface area contributed by atoms with Crippen LogP contribution < -0.4 is 16.4 Å². The van der Waals surface area contributed by atoms with Gasteiger partial charge in [0, 0.05) is 13.0 Å². The van der Waals surface area contributed by atoms with Crippen LogP contribution in [0.5, 0.6) is 0 Å². The highest BCUT2D eigenvalue weighted by Crippen LogP contribution is 2.05. The Kier molecular flexibility index (Phi) is 6.10. The van der Waals surface area contributed by atoms with Crippen molar-refractivity contribution in [2.75, 3.05) is 6.54 Å². The number of hydrogen-bond acceptors (Lipinski definition) is 4. The average Bonchev–Trinajstić information content (AvgIpc) is 2.60. The third-order valence-electron chi connectivity index (χ3n) is 3.98. The Balaban J connectivity index is 2.02. The number of carbonyl (C=O) groups is 2. The molecule has 134 valence electrons. The molecule has 0 aliphatic carbocycles. The van der Waals surface area contributed by atoms with Gasteiger partial charge >= 0.3 is 5.97 Å². The minimum atomic E-state index is -0.947. The number of aliphatic carboxylic acids is 1. The smallest absolute Gasteiger partial charge is 0.308 e. The van der Waals surface area contributed by atoms with E-state index in [4.69, 9.17) is 5.11 Å². The highest BCUT2D eigenvalue weighted by atomic mass is 16.4. The molecule has 2 rings (SSSR count). The highest BCUT2D eigenvalue weighted by Gasteiger charge is 2.17. The van der Waals surface area contributed by atoms with E-state index < -0.39 is 17.4 Å². The van der Waals surface area contributed by atoms with E-state index in [2.05, 4.69) is 10.4 Å². The van der Waals surface area contributed by atoms with Crippen LogP contribution in [-0.4, -0.2) is 33.3 Å². The maximum atomic E-state index is 12.3. The summed E-state index contributed by atoms with van der Waals surface area (Å²) in [6.45, 7) is 1.93. The molecular weight excluding hydrogens is 326 g/mol. The first-order valence-corrected chi connectivity index (χ1v) is 8.15. The molecule has 8 nitrogen and oxygen atoms in total. The number of nitrogens with one attached hydrogen (secondary N) is 2. The number of amides is 1. The van der Waals surface area contributed by atoms with E-state index in [-0.39, 0.29) is 31.0 Å². The number of aryl methyl sites for hydroxylation is 1. The number of carbonyl (C=O) groups excluding carboxylic acids is 1. The van der Waals surface area contributed by atoms with Gasteiger partial charge in [-0.15, -0.1) is 0 Å². The molecular formula is C17H21N3O5. The van der Waals surface area contributed by atoms with Crippen molar-refractivity contribution in [3.05, 3.63) is 45.0 Å². The van der Waals surface area contributed by atoms with Gasteiger partial charge in [-0.1, -0.05) is 25.5 Å². The van der Waals surface area contributed by atoms with Crippen LogP contribution in [0.3, 0.4) is 0 Å². The monoisotopic (exact) mass is 347 g/mol. The van der Waals surface area contributed by atoms with Crippen molar-refractivity contribution in [3.63, 3.8) is 0 Å². The van der Waals surface area contributed by atoms with Gasteiger partial charge in [-0.3, -0.25) is 24.3 Å². The molecule has 0 aliphatic rings. The molecule has 1 heterocycles. The number of carboxylic acid groups (broad SMARTS) is 1. The Morgan fingerprint density at radius 2 is 1.92 bits per heavy atom. The summed E-state index contributed by atoms with van der Waals surface area (Å²) >= 11 is 0. The third kappa shape index (κ3) is 4.56. The number of H-pyrrole nitrogens is 1. The third-order valence-corrected chi connectivity index (χ3v) is 3.98. The number of nitrogens with zero attached hydrogens (tertiary/aromatic N) is 1. The van der Waals surface area contributed by atoms with Crippen molar-refractivity contribution in [3.8, 4) is 0 Å². The van der Waals surface area contributed by atoms with Crippen molar-refractivity contribution < 1.29 is 14.7 Å². The van der Waals surface area contributed by atoms with Crippen LogP contribution in [0.2, 0.25) is 0 Å². The Labute approximate surface area is 143 Å². The van der Waals surface area contributed by atoms with Gasteiger partial charge in [0.25, 0.3) is 11.1 Å². The quantitative estimate of drug-likeness (QED) is 0.649. The zero-order valence-corrected chi connectivity index (χ0v) is 13.9. The van der Waals surface area contributed by atoms with E-state index in [0.29, 0.717) is 23.6 Å². The van der Waals surface area contributed by atoms with Gasteiger partial charge in [0.05, 0.1) is 23.2 Å². The van der Waals surface area contributed by atoms with Gasteiger partial charge < -0.3 is 10.4 Å². The fourth-order valence-electron chi connectivity index (χ4n) is 2.60. The second kappa shape index (κ2) is 8.27. The first kappa shape index (κ1) is 18.4. The van der Waals surface area contributed by atoms with Gasteiger partial charge in [-0.25, -0.2) is 4.68 Å². The standard InChI is InChI=1S/C17H21N3O5/c1-2-5-11(17(24)25)10-18-14(21)8-9-20-16(23)13-7-4-3-6-12(13)15(22)19-20/h3-4,6-7,11H,2,5,8-10H2,1H3,(H,18,21)(H,19,22)(H,24,25). The van der Waals surface area contributed by atoms with Crippen molar-refractivity contribution in [1.82, 2.24) is 15.1 Å². The Morgan fingerprint density at radius 3 is 2.56 bits per heavy atom. The number of hydrogen-bond donors (Lipinski definition) is 3. The second-order valence-electron chi connectivity index (χ2n) is 5.82. The summed E-state index contributed by atoms with van der Waals surface area (Å²) in [7, 11) is 0. The van der Waals surface area contributed by atoms with Crippen LogP contribution >= 0.6 is 0 Å². The fraction of sp³-hybridized carbons (Fsp3) is 0.412. The molecule has 8 heteroatoms. The summed E-state index contributed by atoms with van der Waals surface area (Å²) < 4.78 is 1.10. The predicted octanol–water partition coefficient (Wildman–Crippen LogP) is 0.697. The highest BCUT2D eigenvalue weighted by molar-refractivity contribution is 5.80. The molecule has 0 saturated carbocycles. The van der Waals surface area contributed by atoms with Crippen LogP contribution in [0.25, 0.3) is 10.8 Å². The number of carboxylic acids is 1. The molecule has 1 amide bonds. The number of benzene rings is 1. The van der Waals surface area contributed by atoms with E-state index in [1.807, 2.05) is 6.92 Å². The van der Waals surface area contributed by atoms with E-state index >= 15 is 0 Å². The molecule has 0 saturated heterocycles. The van der Waals surface area contributed by atoms with E-state index in [9.17, 15) is 19.2 Å². The zero-order chi connectivity index (χ0) is 18.4. The van der Waals surface area contributed by atoms with Gasteiger partial charge in [0.1, 0.15) is 0 Å². The number of aromatic amines is 1. The summed E-state index contributed by atoms with van der Waals surface area (Å²) in [6, 6.07) is 6.46. The van der Waals surface area contributed by atoms with Crippen molar-refractivity contribution >= 4 is 22.6 Å². The summed E-state index contributed by atoms with van der Waals surface area (Å²) in [5, 5.41) is 14.7. The van der Waals surface area contributed by atoms with Crippen molar-refractivity contribution in [1.29, 1.82) is 0 Å². The first-order chi connectivity index (χ1) is 11.9. The lowest BCUT2D eigenvalue weighted by Crippen LogP contribution is -2.35. The molecule has 0 spiro atoms.